The van der Waals surface area contributed by atoms with E-state index in [4.69, 9.17) is 0 Å². The van der Waals surface area contributed by atoms with Gasteiger partial charge in [-0.2, -0.15) is 0 Å². The maximum absolute atomic E-state index is 4.57. The summed E-state index contributed by atoms with van der Waals surface area (Å²) >= 11 is 0. The molecule has 0 fully saturated rings. The van der Waals surface area contributed by atoms with Crippen molar-refractivity contribution in [3.8, 4) is 0 Å². The third kappa shape index (κ3) is 2.12. The van der Waals surface area contributed by atoms with Gasteiger partial charge in [-0.25, -0.2) is 0 Å². The largest absolute Gasteiger partial charge is 0.256 e. The van der Waals surface area contributed by atoms with E-state index >= 15 is 0 Å². The molecular formula is C18H17N. The first-order valence-corrected chi connectivity index (χ1v) is 6.59. The first-order valence-electron chi connectivity index (χ1n) is 6.59. The number of rotatable bonds is 2. The second-order valence-corrected chi connectivity index (χ2v) is 5.41. The molecule has 2 aromatic carbocycles. The van der Waals surface area contributed by atoms with Crippen LogP contribution in [-0.2, 0) is 5.41 Å². The highest BCUT2D eigenvalue weighted by Crippen LogP contribution is 2.32. The van der Waals surface area contributed by atoms with Crippen LogP contribution in [-0.4, -0.2) is 4.98 Å². The molecule has 0 bridgehead atoms. The molecule has 0 aliphatic rings. The third-order valence-corrected chi connectivity index (χ3v) is 3.81. The lowest BCUT2D eigenvalue weighted by molar-refractivity contribution is 0.639. The Labute approximate surface area is 113 Å². The number of pyridine rings is 1. The van der Waals surface area contributed by atoms with Crippen LogP contribution in [0.15, 0.2) is 66.9 Å². The van der Waals surface area contributed by atoms with Crippen LogP contribution in [0.25, 0.3) is 10.9 Å². The fraction of sp³-hybridized carbons (Fsp3) is 0.167. The van der Waals surface area contributed by atoms with E-state index in [9.17, 15) is 0 Å². The van der Waals surface area contributed by atoms with Gasteiger partial charge < -0.3 is 0 Å². The minimum absolute atomic E-state index is 0.0295. The summed E-state index contributed by atoms with van der Waals surface area (Å²) in [5.41, 5.74) is 3.58. The Morgan fingerprint density at radius 1 is 0.789 bits per heavy atom. The van der Waals surface area contributed by atoms with Crippen LogP contribution < -0.4 is 0 Å². The first kappa shape index (κ1) is 11.9. The van der Waals surface area contributed by atoms with Gasteiger partial charge in [-0.1, -0.05) is 62.4 Å². The highest BCUT2D eigenvalue weighted by atomic mass is 14.7. The normalized spacial score (nSPS) is 11.7. The number of hydrogen-bond donors (Lipinski definition) is 0. The number of hydrogen-bond acceptors (Lipinski definition) is 1. The van der Waals surface area contributed by atoms with Crippen molar-refractivity contribution in [1.82, 2.24) is 4.98 Å². The molecule has 0 aliphatic carbocycles. The zero-order valence-corrected chi connectivity index (χ0v) is 11.3. The van der Waals surface area contributed by atoms with Crippen molar-refractivity contribution in [3.63, 3.8) is 0 Å². The van der Waals surface area contributed by atoms with Gasteiger partial charge in [-0.05, 0) is 23.3 Å². The summed E-state index contributed by atoms with van der Waals surface area (Å²) in [5.74, 6) is 0. The highest BCUT2D eigenvalue weighted by molar-refractivity contribution is 5.79. The molecule has 3 aromatic rings. The molecule has 1 nitrogen and oxygen atoms in total. The van der Waals surface area contributed by atoms with Gasteiger partial charge in [0.1, 0.15) is 0 Å². The third-order valence-electron chi connectivity index (χ3n) is 3.81. The number of nitrogens with zero attached hydrogens (tertiary/aromatic N) is 1. The average molecular weight is 247 g/mol. The Balaban J connectivity index is 2.13. The van der Waals surface area contributed by atoms with Crippen LogP contribution in [0.1, 0.15) is 25.0 Å². The quantitative estimate of drug-likeness (QED) is 0.647. The summed E-state index contributed by atoms with van der Waals surface area (Å²) in [6.07, 6.45) is 2.00. The molecule has 1 aromatic heterocycles. The fourth-order valence-corrected chi connectivity index (χ4v) is 2.43. The van der Waals surface area contributed by atoms with Crippen LogP contribution in [0, 0.1) is 0 Å². The van der Waals surface area contributed by atoms with E-state index in [2.05, 4.69) is 73.4 Å². The number of benzene rings is 2. The molecule has 3 rings (SSSR count). The van der Waals surface area contributed by atoms with Crippen LogP contribution >= 0.6 is 0 Å². The Morgan fingerprint density at radius 3 is 2.26 bits per heavy atom. The van der Waals surface area contributed by atoms with Gasteiger partial charge >= 0.3 is 0 Å². The molecule has 0 unspecified atom stereocenters. The molecule has 19 heavy (non-hydrogen) atoms. The zero-order valence-electron chi connectivity index (χ0n) is 11.3. The van der Waals surface area contributed by atoms with Crippen LogP contribution in [0.3, 0.4) is 0 Å². The number of aromatic nitrogens is 1. The van der Waals surface area contributed by atoms with Gasteiger partial charge in [0.15, 0.2) is 0 Å². The molecular weight excluding hydrogens is 230 g/mol. The van der Waals surface area contributed by atoms with Gasteiger partial charge in [0.05, 0.1) is 5.52 Å². The van der Waals surface area contributed by atoms with E-state index in [0.717, 1.165) is 5.52 Å². The van der Waals surface area contributed by atoms with Gasteiger partial charge in [0.25, 0.3) is 0 Å². The molecule has 0 N–H and O–H groups in total. The van der Waals surface area contributed by atoms with E-state index in [1.165, 1.54) is 16.5 Å². The summed E-state index contributed by atoms with van der Waals surface area (Å²) in [6.45, 7) is 4.49. The SMILES string of the molecule is CC(C)(c1ccccc1)c1cnc2ccccc2c1. The van der Waals surface area contributed by atoms with Crippen molar-refractivity contribution in [1.29, 1.82) is 0 Å². The maximum atomic E-state index is 4.57. The summed E-state index contributed by atoms with van der Waals surface area (Å²) in [7, 11) is 0. The molecule has 0 saturated heterocycles. The monoisotopic (exact) mass is 247 g/mol. The van der Waals surface area contributed by atoms with Crippen LogP contribution in [0.4, 0.5) is 0 Å². The van der Waals surface area contributed by atoms with Crippen molar-refractivity contribution < 1.29 is 0 Å². The molecule has 0 atom stereocenters. The summed E-state index contributed by atoms with van der Waals surface area (Å²) in [5, 5.41) is 1.20. The molecule has 0 radical (unpaired) electrons. The fourth-order valence-electron chi connectivity index (χ4n) is 2.43. The van der Waals surface area contributed by atoms with E-state index in [1.807, 2.05) is 12.3 Å². The number of para-hydroxylation sites is 1. The lowest BCUT2D eigenvalue weighted by Crippen LogP contribution is -2.18. The highest BCUT2D eigenvalue weighted by Gasteiger charge is 2.23. The molecule has 0 saturated carbocycles. The van der Waals surface area contributed by atoms with Crippen molar-refractivity contribution in [3.05, 3.63) is 78.0 Å². The van der Waals surface area contributed by atoms with Crippen molar-refractivity contribution >= 4 is 10.9 Å². The lowest BCUT2D eigenvalue weighted by atomic mass is 9.78. The maximum Gasteiger partial charge on any atom is 0.0702 e. The second kappa shape index (κ2) is 4.51. The topological polar surface area (TPSA) is 12.9 Å². The van der Waals surface area contributed by atoms with Crippen LogP contribution in [0.5, 0.6) is 0 Å². The summed E-state index contributed by atoms with van der Waals surface area (Å²) in [4.78, 5) is 4.57. The summed E-state index contributed by atoms with van der Waals surface area (Å²) < 4.78 is 0. The molecule has 0 aliphatic heterocycles. The predicted octanol–water partition coefficient (Wildman–Crippen LogP) is 4.56. The Morgan fingerprint density at radius 2 is 1.47 bits per heavy atom. The second-order valence-electron chi connectivity index (χ2n) is 5.41. The van der Waals surface area contributed by atoms with Gasteiger partial charge in [0, 0.05) is 17.0 Å². The van der Waals surface area contributed by atoms with E-state index in [1.54, 1.807) is 0 Å². The average Bonchev–Trinajstić information content (AvgIpc) is 2.47. The van der Waals surface area contributed by atoms with E-state index in [0.29, 0.717) is 0 Å². The van der Waals surface area contributed by atoms with Crippen molar-refractivity contribution in [2.45, 2.75) is 19.3 Å². The van der Waals surface area contributed by atoms with Crippen molar-refractivity contribution in [2.75, 3.05) is 0 Å². The number of fused-ring (bicyclic) bond motifs is 1. The van der Waals surface area contributed by atoms with Gasteiger partial charge in [0.2, 0.25) is 0 Å². The summed E-state index contributed by atoms with van der Waals surface area (Å²) in [6, 6.07) is 21.1. The molecule has 94 valence electrons. The van der Waals surface area contributed by atoms with Crippen LogP contribution in [0.2, 0.25) is 0 Å². The predicted molar refractivity (Wildman–Crippen MR) is 80.3 cm³/mol. The lowest BCUT2D eigenvalue weighted by Gasteiger charge is -2.26. The molecule has 0 amide bonds. The van der Waals surface area contributed by atoms with Gasteiger partial charge in [-0.3, -0.25) is 4.98 Å². The Kier molecular flexibility index (Phi) is 2.83. The molecule has 1 heterocycles. The first-order chi connectivity index (χ1) is 9.18. The Bertz CT molecular complexity index is 699. The smallest absolute Gasteiger partial charge is 0.0702 e. The van der Waals surface area contributed by atoms with Gasteiger partial charge in [-0.15, -0.1) is 0 Å². The molecule has 1 heteroatoms. The molecule has 0 spiro atoms. The minimum Gasteiger partial charge on any atom is -0.256 e. The Hall–Kier alpha value is -2.15. The minimum atomic E-state index is -0.0295. The van der Waals surface area contributed by atoms with Crippen molar-refractivity contribution in [2.24, 2.45) is 0 Å². The van der Waals surface area contributed by atoms with E-state index < -0.39 is 0 Å². The van der Waals surface area contributed by atoms with E-state index in [-0.39, 0.29) is 5.41 Å². The standard InChI is InChI=1S/C18H17N/c1-18(2,15-9-4-3-5-10-15)16-12-14-8-6-7-11-17(14)19-13-16/h3-13H,1-2H3. The zero-order chi connectivity index (χ0) is 13.3.